The SMILES string of the molecule is CCSCC(=O)[C@H](CC(=O)O)NC(=O)CSSCCNS(=O)(=O)c1ccc(O)c(C(=O)O)c1. The minimum atomic E-state index is -4.00. The van der Waals surface area contributed by atoms with Gasteiger partial charge in [0.2, 0.25) is 15.9 Å². The average Bonchev–Trinajstić information content (AvgIpc) is 2.73. The molecule has 184 valence electrons. The van der Waals surface area contributed by atoms with Crippen LogP contribution >= 0.6 is 33.3 Å². The second kappa shape index (κ2) is 14.3. The number of benzene rings is 1. The number of carbonyl (C=O) groups excluding carboxylic acids is 2. The van der Waals surface area contributed by atoms with Gasteiger partial charge in [0.05, 0.1) is 28.9 Å². The lowest BCUT2D eigenvalue weighted by Gasteiger charge is -2.15. The van der Waals surface area contributed by atoms with Crippen molar-refractivity contribution >= 4 is 67.0 Å². The fraction of sp³-hybridized carbons (Fsp3) is 0.444. The van der Waals surface area contributed by atoms with Crippen molar-refractivity contribution in [2.45, 2.75) is 24.3 Å². The van der Waals surface area contributed by atoms with Crippen molar-refractivity contribution in [3.63, 3.8) is 0 Å². The zero-order chi connectivity index (χ0) is 25.0. The van der Waals surface area contributed by atoms with E-state index < -0.39 is 51.6 Å². The van der Waals surface area contributed by atoms with E-state index >= 15 is 0 Å². The highest BCUT2D eigenvalue weighted by atomic mass is 33.1. The molecule has 1 aromatic rings. The van der Waals surface area contributed by atoms with Gasteiger partial charge in [-0.15, -0.1) is 0 Å². The Balaban J connectivity index is 2.44. The van der Waals surface area contributed by atoms with Crippen molar-refractivity contribution in [2.24, 2.45) is 0 Å². The van der Waals surface area contributed by atoms with Crippen LogP contribution in [-0.4, -0.2) is 83.0 Å². The Hall–Kier alpha value is -1.94. The molecule has 1 rings (SSSR count). The molecular weight excluding hydrogens is 516 g/mol. The molecule has 15 heteroatoms. The lowest BCUT2D eigenvalue weighted by Crippen LogP contribution is -2.43. The number of sulfonamides is 1. The van der Waals surface area contributed by atoms with Gasteiger partial charge in [0.1, 0.15) is 11.3 Å². The molecule has 1 aromatic carbocycles. The third kappa shape index (κ3) is 10.7. The molecular formula is C18H24N2O9S4. The van der Waals surface area contributed by atoms with Gasteiger partial charge >= 0.3 is 11.9 Å². The van der Waals surface area contributed by atoms with Gasteiger partial charge < -0.3 is 20.6 Å². The maximum absolute atomic E-state index is 12.3. The molecule has 33 heavy (non-hydrogen) atoms. The molecule has 0 saturated heterocycles. The number of hydrogen-bond acceptors (Lipinski definition) is 10. The number of hydrogen-bond donors (Lipinski definition) is 5. The quantitative estimate of drug-likeness (QED) is 0.148. The van der Waals surface area contributed by atoms with Gasteiger partial charge in [-0.3, -0.25) is 14.4 Å². The minimum absolute atomic E-state index is 0.0146. The summed E-state index contributed by atoms with van der Waals surface area (Å²) in [7, 11) is -1.72. The molecule has 0 saturated carbocycles. The number of aliphatic carboxylic acids is 1. The highest BCUT2D eigenvalue weighted by Gasteiger charge is 2.23. The van der Waals surface area contributed by atoms with Crippen LogP contribution in [0.25, 0.3) is 0 Å². The molecule has 0 radical (unpaired) electrons. The van der Waals surface area contributed by atoms with Crippen molar-refractivity contribution < 1.29 is 42.9 Å². The maximum Gasteiger partial charge on any atom is 0.339 e. The molecule has 1 atom stereocenters. The van der Waals surface area contributed by atoms with E-state index in [0.717, 1.165) is 29.0 Å². The lowest BCUT2D eigenvalue weighted by molar-refractivity contribution is -0.139. The minimum Gasteiger partial charge on any atom is -0.507 e. The van der Waals surface area contributed by atoms with Gasteiger partial charge in [0, 0.05) is 12.3 Å². The van der Waals surface area contributed by atoms with Crippen LogP contribution in [0.1, 0.15) is 23.7 Å². The number of aromatic hydroxyl groups is 1. The lowest BCUT2D eigenvalue weighted by atomic mass is 10.1. The second-order valence-electron chi connectivity index (χ2n) is 6.29. The highest BCUT2D eigenvalue weighted by molar-refractivity contribution is 8.76. The van der Waals surface area contributed by atoms with Crippen LogP contribution in [0.4, 0.5) is 0 Å². The largest absolute Gasteiger partial charge is 0.507 e. The van der Waals surface area contributed by atoms with Crippen molar-refractivity contribution in [2.75, 3.05) is 29.6 Å². The van der Waals surface area contributed by atoms with E-state index in [4.69, 9.17) is 10.2 Å². The fourth-order valence-corrected chi connectivity index (χ4v) is 5.81. The van der Waals surface area contributed by atoms with E-state index in [0.29, 0.717) is 5.75 Å². The number of rotatable bonds is 16. The molecule has 0 heterocycles. The van der Waals surface area contributed by atoms with E-state index in [-0.39, 0.29) is 34.5 Å². The summed E-state index contributed by atoms with van der Waals surface area (Å²) in [6, 6.07) is 1.79. The Kier molecular flexibility index (Phi) is 12.7. The standard InChI is InChI=1S/C18H24N2O9S4/c1-2-30-9-15(22)13(8-17(24)25)20-16(23)10-32-31-6-5-19-33(28,29)11-3-4-14(21)12(7-11)18(26)27/h3-4,7,13,19,21H,2,5-6,8-10H2,1H3,(H,20,23)(H,24,25)(H,26,27)/t13-/m0/s1. The van der Waals surface area contributed by atoms with Crippen molar-refractivity contribution in [3.05, 3.63) is 23.8 Å². The maximum atomic E-state index is 12.3. The van der Waals surface area contributed by atoms with Crippen LogP contribution in [0.5, 0.6) is 5.75 Å². The van der Waals surface area contributed by atoms with E-state index in [2.05, 4.69) is 10.0 Å². The van der Waals surface area contributed by atoms with Crippen LogP contribution in [0.15, 0.2) is 23.1 Å². The van der Waals surface area contributed by atoms with Gasteiger partial charge in [0.25, 0.3) is 0 Å². The van der Waals surface area contributed by atoms with Gasteiger partial charge in [0.15, 0.2) is 5.78 Å². The number of phenols is 1. The summed E-state index contributed by atoms with van der Waals surface area (Å²) < 4.78 is 26.8. The summed E-state index contributed by atoms with van der Waals surface area (Å²) in [5.74, 6) is -3.12. The molecule has 1 amide bonds. The van der Waals surface area contributed by atoms with Crippen molar-refractivity contribution in [1.29, 1.82) is 0 Å². The first-order valence-electron chi connectivity index (χ1n) is 9.40. The van der Waals surface area contributed by atoms with Gasteiger partial charge in [-0.05, 0) is 24.0 Å². The Morgan fingerprint density at radius 3 is 2.39 bits per heavy atom. The number of aromatic carboxylic acids is 1. The molecule has 11 nitrogen and oxygen atoms in total. The summed E-state index contributed by atoms with van der Waals surface area (Å²) in [5.41, 5.74) is -0.540. The summed E-state index contributed by atoms with van der Waals surface area (Å²) in [6.07, 6.45) is -0.505. The number of amides is 1. The summed E-state index contributed by atoms with van der Waals surface area (Å²) >= 11 is 1.33. The molecule has 0 aromatic heterocycles. The molecule has 0 unspecified atom stereocenters. The Morgan fingerprint density at radius 1 is 1.09 bits per heavy atom. The third-order valence-electron chi connectivity index (χ3n) is 3.81. The summed E-state index contributed by atoms with van der Waals surface area (Å²) in [6.45, 7) is 1.84. The van der Waals surface area contributed by atoms with E-state index in [1.54, 1.807) is 0 Å². The number of carboxylic acids is 2. The summed E-state index contributed by atoms with van der Waals surface area (Å²) in [5, 5.41) is 29.8. The van der Waals surface area contributed by atoms with Crippen LogP contribution < -0.4 is 10.0 Å². The predicted octanol–water partition coefficient (Wildman–Crippen LogP) is 1.03. The number of thioether (sulfide) groups is 1. The molecule has 0 aliphatic rings. The predicted molar refractivity (Wildman–Crippen MR) is 127 cm³/mol. The van der Waals surface area contributed by atoms with Gasteiger partial charge in [-0.2, -0.15) is 11.8 Å². The fourth-order valence-electron chi connectivity index (χ4n) is 2.27. The average molecular weight is 541 g/mol. The van der Waals surface area contributed by atoms with Crippen LogP contribution in [0, 0.1) is 0 Å². The molecule has 0 aliphatic carbocycles. The number of carbonyl (C=O) groups is 4. The molecule has 0 spiro atoms. The normalized spacial score (nSPS) is 12.2. The second-order valence-corrected chi connectivity index (χ2v) is 11.9. The zero-order valence-corrected chi connectivity index (χ0v) is 20.7. The molecule has 0 bridgehead atoms. The van der Waals surface area contributed by atoms with Crippen LogP contribution in [0.2, 0.25) is 0 Å². The number of Topliss-reactive ketones (excluding diaryl/α,β-unsaturated/α-hetero) is 1. The van der Waals surface area contributed by atoms with Crippen molar-refractivity contribution in [3.8, 4) is 5.75 Å². The zero-order valence-electron chi connectivity index (χ0n) is 17.5. The molecule has 5 N–H and O–H groups in total. The number of carboxylic acid groups (broad SMARTS) is 2. The Labute approximate surface area is 202 Å². The highest BCUT2D eigenvalue weighted by Crippen LogP contribution is 2.22. The van der Waals surface area contributed by atoms with Crippen molar-refractivity contribution in [1.82, 2.24) is 10.0 Å². The Morgan fingerprint density at radius 2 is 1.79 bits per heavy atom. The van der Waals surface area contributed by atoms with Gasteiger partial charge in [-0.25, -0.2) is 17.9 Å². The number of ketones is 1. The first kappa shape index (κ1) is 29.1. The van der Waals surface area contributed by atoms with E-state index in [1.807, 2.05) is 6.92 Å². The summed E-state index contributed by atoms with van der Waals surface area (Å²) in [4.78, 5) is 45.7. The van der Waals surface area contributed by atoms with Gasteiger partial charge in [-0.1, -0.05) is 28.5 Å². The first-order valence-corrected chi connectivity index (χ1v) is 14.5. The topological polar surface area (TPSA) is 187 Å². The monoisotopic (exact) mass is 540 g/mol. The smallest absolute Gasteiger partial charge is 0.339 e. The van der Waals surface area contributed by atoms with E-state index in [9.17, 15) is 32.7 Å². The Bertz CT molecular complexity index is 970. The first-order chi connectivity index (χ1) is 15.5. The number of nitrogens with one attached hydrogen (secondary N) is 2. The molecule has 0 aliphatic heterocycles. The van der Waals surface area contributed by atoms with Crippen LogP contribution in [0.3, 0.4) is 0 Å². The van der Waals surface area contributed by atoms with Crippen LogP contribution in [-0.2, 0) is 24.4 Å². The molecule has 0 fully saturated rings. The van der Waals surface area contributed by atoms with E-state index in [1.165, 1.54) is 22.6 Å². The third-order valence-corrected chi connectivity index (χ3v) is 8.44.